The van der Waals surface area contributed by atoms with Crippen LogP contribution in [0.5, 0.6) is 0 Å². The van der Waals surface area contributed by atoms with Gasteiger partial charge in [-0.3, -0.25) is 18.9 Å². The molecule has 1 saturated heterocycles. The molecule has 2 aromatic rings. The van der Waals surface area contributed by atoms with E-state index in [1.165, 1.54) is 25.3 Å². The maximum Gasteiger partial charge on any atom is 0.470 e. The molecule has 3 rings (SSSR count). The molecular weight excluding hydrogens is 393 g/mol. The first-order chi connectivity index (χ1) is 13.1. The number of aliphatic hydroxyl groups excluding tert-OH is 1. The molecule has 1 aliphatic rings. The number of nitrogens with zero attached hydrogens (tertiary/aromatic N) is 1. The van der Waals surface area contributed by atoms with Crippen LogP contribution in [0.25, 0.3) is 0 Å². The van der Waals surface area contributed by atoms with Gasteiger partial charge in [0.1, 0.15) is 18.4 Å². The summed E-state index contributed by atoms with van der Waals surface area (Å²) in [6.45, 7) is 1.50. The molecular formula is C16H20N3O8P. The minimum absolute atomic E-state index is 0.0657. The Morgan fingerprint density at radius 3 is 2.68 bits per heavy atom. The van der Waals surface area contributed by atoms with Gasteiger partial charge in [0.2, 0.25) is 0 Å². The Morgan fingerprint density at radius 2 is 2.04 bits per heavy atom. The number of H-pyrrole nitrogens is 1. The number of ether oxygens (including phenoxy) is 1. The maximum atomic E-state index is 12.1. The van der Waals surface area contributed by atoms with Crippen LogP contribution >= 0.6 is 7.82 Å². The number of aromatic nitrogens is 2. The fourth-order valence-electron chi connectivity index (χ4n) is 3.13. The van der Waals surface area contributed by atoms with Crippen molar-refractivity contribution >= 4 is 13.5 Å². The number of hydrogen-bond donors (Lipinski definition) is 5. The second-order valence-electron chi connectivity index (χ2n) is 6.48. The second-order valence-corrected chi connectivity index (χ2v) is 7.67. The second kappa shape index (κ2) is 7.63. The van der Waals surface area contributed by atoms with E-state index < -0.39 is 43.6 Å². The van der Waals surface area contributed by atoms with Crippen LogP contribution in [0.4, 0.5) is 5.69 Å². The summed E-state index contributed by atoms with van der Waals surface area (Å²) in [4.78, 5) is 44.4. The summed E-state index contributed by atoms with van der Waals surface area (Å²) in [5, 5.41) is 10.5. The van der Waals surface area contributed by atoms with Crippen molar-refractivity contribution in [2.75, 3.05) is 5.73 Å². The van der Waals surface area contributed by atoms with Crippen molar-refractivity contribution < 1.29 is 28.7 Å². The molecule has 1 aromatic heterocycles. The smallest absolute Gasteiger partial charge is 0.398 e. The Morgan fingerprint density at radius 1 is 1.36 bits per heavy atom. The summed E-state index contributed by atoms with van der Waals surface area (Å²) in [5.41, 5.74) is 5.29. The Kier molecular flexibility index (Phi) is 5.57. The van der Waals surface area contributed by atoms with E-state index >= 15 is 0 Å². The molecule has 0 bridgehead atoms. The number of para-hydroxylation sites is 1. The van der Waals surface area contributed by atoms with E-state index in [4.69, 9.17) is 15.0 Å². The highest BCUT2D eigenvalue weighted by atomic mass is 31.2. The fraction of sp³-hybridized carbons (Fsp3) is 0.375. The highest BCUT2D eigenvalue weighted by Gasteiger charge is 2.44. The third kappa shape index (κ3) is 4.25. The van der Waals surface area contributed by atoms with Gasteiger partial charge in [0.05, 0.1) is 6.10 Å². The van der Waals surface area contributed by atoms with Crippen molar-refractivity contribution in [2.24, 2.45) is 0 Å². The number of anilines is 1. The first-order valence-corrected chi connectivity index (χ1v) is 9.84. The molecule has 12 heteroatoms. The molecule has 1 aromatic carbocycles. The number of phosphoric ester groups is 1. The first kappa shape index (κ1) is 20.5. The topological polar surface area (TPSA) is 177 Å². The lowest BCUT2D eigenvalue weighted by molar-refractivity contribution is -0.0820. The lowest BCUT2D eigenvalue weighted by atomic mass is 9.99. The largest absolute Gasteiger partial charge is 0.470 e. The van der Waals surface area contributed by atoms with Gasteiger partial charge in [-0.2, -0.15) is 0 Å². The normalized spacial score (nSPS) is 23.6. The zero-order chi connectivity index (χ0) is 20.6. The molecule has 28 heavy (non-hydrogen) atoms. The quantitative estimate of drug-likeness (QED) is 0.331. The van der Waals surface area contributed by atoms with E-state index in [-0.39, 0.29) is 23.2 Å². The number of phosphoric acid groups is 1. The van der Waals surface area contributed by atoms with Gasteiger partial charge in [-0.1, -0.05) is 18.2 Å². The highest BCUT2D eigenvalue weighted by molar-refractivity contribution is 7.46. The van der Waals surface area contributed by atoms with Crippen LogP contribution < -0.4 is 17.0 Å². The summed E-state index contributed by atoms with van der Waals surface area (Å²) >= 11 is 0. The molecule has 0 aliphatic carbocycles. The predicted molar refractivity (Wildman–Crippen MR) is 97.3 cm³/mol. The van der Waals surface area contributed by atoms with Crippen LogP contribution in [0.1, 0.15) is 29.9 Å². The van der Waals surface area contributed by atoms with Crippen molar-refractivity contribution in [1.29, 1.82) is 0 Å². The molecule has 2 heterocycles. The fourth-order valence-corrected chi connectivity index (χ4v) is 3.66. The van der Waals surface area contributed by atoms with Crippen molar-refractivity contribution in [1.82, 2.24) is 9.55 Å². The van der Waals surface area contributed by atoms with Crippen LogP contribution in [0.15, 0.2) is 40.1 Å². The van der Waals surface area contributed by atoms with Gasteiger partial charge in [-0.25, -0.2) is 9.36 Å². The molecule has 1 fully saturated rings. The van der Waals surface area contributed by atoms with Crippen molar-refractivity contribution in [3.05, 3.63) is 62.4 Å². The minimum Gasteiger partial charge on any atom is -0.398 e. The Labute approximate surface area is 158 Å². The molecule has 6 N–H and O–H groups in total. The number of hydrogen-bond acceptors (Lipinski definition) is 7. The van der Waals surface area contributed by atoms with E-state index in [1.54, 1.807) is 12.1 Å². The lowest BCUT2D eigenvalue weighted by Gasteiger charge is -2.27. The van der Waals surface area contributed by atoms with E-state index in [2.05, 4.69) is 4.98 Å². The Hall–Kier alpha value is -2.27. The number of aliphatic hydroxyl groups is 1. The Bertz CT molecular complexity index is 1030. The van der Waals surface area contributed by atoms with Crippen molar-refractivity contribution in [3.63, 3.8) is 0 Å². The number of benzene rings is 1. The van der Waals surface area contributed by atoms with Gasteiger partial charge in [-0.05, 0) is 13.0 Å². The molecule has 1 aliphatic heterocycles. The highest BCUT2D eigenvalue weighted by Crippen LogP contribution is 2.48. The number of rotatable bonds is 5. The van der Waals surface area contributed by atoms with Gasteiger partial charge in [0.15, 0.2) is 0 Å². The molecule has 152 valence electrons. The number of nitrogens with two attached hydrogens (primary N) is 1. The van der Waals surface area contributed by atoms with Crippen LogP contribution in [-0.2, 0) is 13.8 Å². The molecule has 0 radical (unpaired) electrons. The standard InChI is InChI=1S/C16H20N3O8P/c1-8-7-19(16(22)18-15(8)21)12-6-11(20)14(26-12)13(27-28(23,24)25)9-4-2-3-5-10(9)17/h2-5,7,11-14,20H,6,17H2,1H3,(H,18,21,22)(H2,23,24,25)/t11-,12+,13?,14-/m0/s1. The molecule has 0 amide bonds. The van der Waals surface area contributed by atoms with Crippen LogP contribution in [0, 0.1) is 6.92 Å². The average Bonchev–Trinajstić information content (AvgIpc) is 2.97. The number of nitrogen functional groups attached to an aromatic ring is 1. The number of aromatic amines is 1. The monoisotopic (exact) mass is 413 g/mol. The number of nitrogens with one attached hydrogen (secondary N) is 1. The molecule has 0 spiro atoms. The third-order valence-electron chi connectivity index (χ3n) is 4.44. The summed E-state index contributed by atoms with van der Waals surface area (Å²) in [6, 6.07) is 6.23. The summed E-state index contributed by atoms with van der Waals surface area (Å²) in [7, 11) is -4.96. The molecule has 1 unspecified atom stereocenters. The van der Waals surface area contributed by atoms with Gasteiger partial charge in [0.25, 0.3) is 5.56 Å². The van der Waals surface area contributed by atoms with Crippen molar-refractivity contribution in [2.45, 2.75) is 37.9 Å². The zero-order valence-corrected chi connectivity index (χ0v) is 15.7. The van der Waals surface area contributed by atoms with E-state index in [1.807, 2.05) is 0 Å². The van der Waals surface area contributed by atoms with Crippen LogP contribution in [0.3, 0.4) is 0 Å². The van der Waals surface area contributed by atoms with E-state index in [9.17, 15) is 29.0 Å². The van der Waals surface area contributed by atoms with Gasteiger partial charge in [-0.15, -0.1) is 0 Å². The van der Waals surface area contributed by atoms with E-state index in [0.717, 1.165) is 4.57 Å². The van der Waals surface area contributed by atoms with Gasteiger partial charge >= 0.3 is 13.5 Å². The molecule has 11 nitrogen and oxygen atoms in total. The number of aryl methyl sites for hydroxylation is 1. The lowest BCUT2D eigenvalue weighted by Crippen LogP contribution is -2.34. The summed E-state index contributed by atoms with van der Waals surface area (Å²) in [5.74, 6) is 0. The molecule has 4 atom stereocenters. The minimum atomic E-state index is -4.96. The van der Waals surface area contributed by atoms with Crippen molar-refractivity contribution in [3.8, 4) is 0 Å². The van der Waals surface area contributed by atoms with Gasteiger partial charge < -0.3 is 25.4 Å². The molecule has 0 saturated carbocycles. The van der Waals surface area contributed by atoms with E-state index in [0.29, 0.717) is 0 Å². The summed E-state index contributed by atoms with van der Waals surface area (Å²) in [6.07, 6.45) is -3.58. The average molecular weight is 413 g/mol. The van der Waals surface area contributed by atoms with Crippen LogP contribution in [0.2, 0.25) is 0 Å². The maximum absolute atomic E-state index is 12.1. The summed E-state index contributed by atoms with van der Waals surface area (Å²) < 4.78 is 23.2. The van der Waals surface area contributed by atoms with Gasteiger partial charge in [0, 0.05) is 29.4 Å². The zero-order valence-electron chi connectivity index (χ0n) is 14.8. The SMILES string of the molecule is Cc1cn([C@H]2C[C@H](O)[C@@H](C(OP(=O)(O)O)c3ccccc3N)O2)c(=O)[nH]c1=O. The third-order valence-corrected chi connectivity index (χ3v) is 4.95. The Balaban J connectivity index is 1.97. The first-order valence-electron chi connectivity index (χ1n) is 8.31. The predicted octanol–water partition coefficient (Wildman–Crippen LogP) is -0.0738. The van der Waals surface area contributed by atoms with Crippen LogP contribution in [-0.4, -0.2) is 36.7 Å².